The Morgan fingerprint density at radius 3 is 2.67 bits per heavy atom. The SMILES string of the molecule is CN1CCC(CN(C)C2CCCC(C)(C)C2N)C1. The topological polar surface area (TPSA) is 32.5 Å². The minimum atomic E-state index is 0.309. The van der Waals surface area contributed by atoms with Crippen molar-refractivity contribution in [2.45, 2.75) is 51.6 Å². The predicted octanol–water partition coefficient (Wildman–Crippen LogP) is 1.78. The number of likely N-dealkylation sites (N-methyl/N-ethyl adjacent to an activating group) is 1. The van der Waals surface area contributed by atoms with E-state index >= 15 is 0 Å². The lowest BCUT2D eigenvalue weighted by molar-refractivity contribution is 0.0756. The van der Waals surface area contributed by atoms with E-state index in [2.05, 4.69) is 37.7 Å². The van der Waals surface area contributed by atoms with E-state index in [-0.39, 0.29) is 0 Å². The van der Waals surface area contributed by atoms with Crippen molar-refractivity contribution in [3.63, 3.8) is 0 Å². The Bertz CT molecular complexity index is 277. The number of rotatable bonds is 3. The third kappa shape index (κ3) is 3.06. The van der Waals surface area contributed by atoms with Gasteiger partial charge >= 0.3 is 0 Å². The second-order valence-electron chi connectivity index (χ2n) is 7.33. The van der Waals surface area contributed by atoms with Crippen molar-refractivity contribution in [1.29, 1.82) is 0 Å². The van der Waals surface area contributed by atoms with Crippen molar-refractivity contribution in [2.24, 2.45) is 17.1 Å². The molecule has 0 amide bonds. The summed E-state index contributed by atoms with van der Waals surface area (Å²) >= 11 is 0. The van der Waals surface area contributed by atoms with Crippen molar-refractivity contribution in [1.82, 2.24) is 9.80 Å². The maximum Gasteiger partial charge on any atom is 0.0249 e. The van der Waals surface area contributed by atoms with Crippen LogP contribution in [-0.4, -0.2) is 55.6 Å². The highest BCUT2D eigenvalue weighted by atomic mass is 15.2. The van der Waals surface area contributed by atoms with Gasteiger partial charge in [0.05, 0.1) is 0 Å². The molecule has 3 unspecified atom stereocenters. The highest BCUT2D eigenvalue weighted by Crippen LogP contribution is 2.36. The van der Waals surface area contributed by atoms with Crippen LogP contribution in [0.4, 0.5) is 0 Å². The molecule has 2 fully saturated rings. The van der Waals surface area contributed by atoms with Gasteiger partial charge in [-0.3, -0.25) is 0 Å². The molecule has 0 aromatic heterocycles. The number of hydrogen-bond acceptors (Lipinski definition) is 3. The summed E-state index contributed by atoms with van der Waals surface area (Å²) in [6.45, 7) is 8.41. The van der Waals surface area contributed by atoms with Gasteiger partial charge in [0.2, 0.25) is 0 Å². The zero-order valence-electron chi connectivity index (χ0n) is 12.7. The lowest BCUT2D eigenvalue weighted by Crippen LogP contribution is -2.56. The van der Waals surface area contributed by atoms with Gasteiger partial charge in [-0.05, 0) is 51.2 Å². The first kappa shape index (κ1) is 14.3. The molecule has 0 bridgehead atoms. The van der Waals surface area contributed by atoms with Crippen LogP contribution in [0.5, 0.6) is 0 Å². The molecule has 18 heavy (non-hydrogen) atoms. The molecule has 2 rings (SSSR count). The van der Waals surface area contributed by atoms with Crippen LogP contribution in [0, 0.1) is 11.3 Å². The van der Waals surface area contributed by atoms with E-state index in [4.69, 9.17) is 5.73 Å². The van der Waals surface area contributed by atoms with Crippen molar-refractivity contribution in [3.05, 3.63) is 0 Å². The summed E-state index contributed by atoms with van der Waals surface area (Å²) in [5.74, 6) is 0.845. The summed E-state index contributed by atoms with van der Waals surface area (Å²) in [4.78, 5) is 5.00. The van der Waals surface area contributed by atoms with E-state index in [0.29, 0.717) is 17.5 Å². The molecule has 0 aromatic rings. The van der Waals surface area contributed by atoms with Gasteiger partial charge in [0.25, 0.3) is 0 Å². The molecular formula is C15H31N3. The lowest BCUT2D eigenvalue weighted by Gasteiger charge is -2.46. The zero-order chi connectivity index (χ0) is 13.3. The second-order valence-corrected chi connectivity index (χ2v) is 7.33. The minimum absolute atomic E-state index is 0.309. The minimum Gasteiger partial charge on any atom is -0.326 e. The molecule has 3 heteroatoms. The van der Waals surface area contributed by atoms with Gasteiger partial charge in [-0.15, -0.1) is 0 Å². The Morgan fingerprint density at radius 2 is 2.06 bits per heavy atom. The first-order chi connectivity index (χ1) is 8.40. The van der Waals surface area contributed by atoms with E-state index in [1.807, 2.05) is 0 Å². The smallest absolute Gasteiger partial charge is 0.0249 e. The van der Waals surface area contributed by atoms with Crippen molar-refractivity contribution >= 4 is 0 Å². The highest BCUT2D eigenvalue weighted by Gasteiger charge is 2.38. The van der Waals surface area contributed by atoms with Gasteiger partial charge in [0.1, 0.15) is 0 Å². The maximum atomic E-state index is 6.51. The van der Waals surface area contributed by atoms with Crippen LogP contribution in [-0.2, 0) is 0 Å². The average Bonchev–Trinajstić information content (AvgIpc) is 2.68. The number of hydrogen-bond donors (Lipinski definition) is 1. The Morgan fingerprint density at radius 1 is 1.33 bits per heavy atom. The molecular weight excluding hydrogens is 222 g/mol. The van der Waals surface area contributed by atoms with Gasteiger partial charge in [-0.25, -0.2) is 0 Å². The maximum absolute atomic E-state index is 6.51. The number of likely N-dealkylation sites (tertiary alicyclic amines) is 1. The third-order valence-electron chi connectivity index (χ3n) is 5.24. The van der Waals surface area contributed by atoms with Gasteiger partial charge in [0.15, 0.2) is 0 Å². The van der Waals surface area contributed by atoms with E-state index < -0.39 is 0 Å². The molecule has 3 nitrogen and oxygen atoms in total. The Labute approximate surface area is 113 Å². The molecule has 1 aliphatic heterocycles. The molecule has 2 aliphatic rings. The molecule has 1 aliphatic carbocycles. The first-order valence-corrected chi connectivity index (χ1v) is 7.54. The second kappa shape index (κ2) is 5.48. The number of nitrogens with two attached hydrogens (primary N) is 1. The summed E-state index contributed by atoms with van der Waals surface area (Å²) in [5, 5.41) is 0. The zero-order valence-corrected chi connectivity index (χ0v) is 12.7. The Balaban J connectivity index is 1.90. The lowest BCUT2D eigenvalue weighted by atomic mass is 9.71. The average molecular weight is 253 g/mol. The van der Waals surface area contributed by atoms with Gasteiger partial charge < -0.3 is 15.5 Å². The molecule has 0 radical (unpaired) electrons. The normalized spacial score (nSPS) is 37.3. The summed E-state index contributed by atoms with van der Waals surface area (Å²) in [7, 11) is 4.51. The van der Waals surface area contributed by atoms with Crippen molar-refractivity contribution in [2.75, 3.05) is 33.7 Å². The molecule has 0 spiro atoms. The van der Waals surface area contributed by atoms with E-state index in [0.717, 1.165) is 5.92 Å². The van der Waals surface area contributed by atoms with E-state index in [9.17, 15) is 0 Å². The molecule has 1 saturated heterocycles. The van der Waals surface area contributed by atoms with Crippen LogP contribution in [0.3, 0.4) is 0 Å². The Kier molecular flexibility index (Phi) is 4.35. The summed E-state index contributed by atoms with van der Waals surface area (Å²) < 4.78 is 0. The summed E-state index contributed by atoms with van der Waals surface area (Å²) in [6.07, 6.45) is 5.25. The fourth-order valence-corrected chi connectivity index (χ4v) is 3.85. The van der Waals surface area contributed by atoms with Crippen LogP contribution in [0.15, 0.2) is 0 Å². The molecule has 1 saturated carbocycles. The summed E-state index contributed by atoms with van der Waals surface area (Å²) in [5.41, 5.74) is 6.82. The monoisotopic (exact) mass is 253 g/mol. The summed E-state index contributed by atoms with van der Waals surface area (Å²) in [6, 6.07) is 0.912. The van der Waals surface area contributed by atoms with Crippen LogP contribution < -0.4 is 5.73 Å². The molecule has 1 heterocycles. The van der Waals surface area contributed by atoms with Crippen molar-refractivity contribution < 1.29 is 0 Å². The largest absolute Gasteiger partial charge is 0.326 e. The van der Waals surface area contributed by atoms with Gasteiger partial charge in [0, 0.05) is 25.2 Å². The van der Waals surface area contributed by atoms with Crippen LogP contribution in [0.2, 0.25) is 0 Å². The molecule has 3 atom stereocenters. The van der Waals surface area contributed by atoms with Crippen LogP contribution in [0.1, 0.15) is 39.5 Å². The van der Waals surface area contributed by atoms with Gasteiger partial charge in [-0.1, -0.05) is 20.3 Å². The fraction of sp³-hybridized carbons (Fsp3) is 1.00. The molecule has 2 N–H and O–H groups in total. The van der Waals surface area contributed by atoms with Crippen molar-refractivity contribution in [3.8, 4) is 0 Å². The van der Waals surface area contributed by atoms with E-state index in [1.165, 1.54) is 45.3 Å². The number of nitrogens with zero attached hydrogens (tertiary/aromatic N) is 2. The quantitative estimate of drug-likeness (QED) is 0.832. The highest BCUT2D eigenvalue weighted by molar-refractivity contribution is 4.96. The van der Waals surface area contributed by atoms with Crippen LogP contribution in [0.25, 0.3) is 0 Å². The fourth-order valence-electron chi connectivity index (χ4n) is 3.85. The van der Waals surface area contributed by atoms with Crippen LogP contribution >= 0.6 is 0 Å². The van der Waals surface area contributed by atoms with Gasteiger partial charge in [-0.2, -0.15) is 0 Å². The van der Waals surface area contributed by atoms with E-state index in [1.54, 1.807) is 0 Å². The molecule has 0 aromatic carbocycles. The Hall–Kier alpha value is -0.120. The third-order valence-corrected chi connectivity index (χ3v) is 5.24. The standard InChI is InChI=1S/C15H31N3/c1-15(2)8-5-6-13(14(15)16)18(4)11-12-7-9-17(3)10-12/h12-14H,5-11,16H2,1-4H3. The first-order valence-electron chi connectivity index (χ1n) is 7.54. The predicted molar refractivity (Wildman–Crippen MR) is 77.6 cm³/mol. The molecule has 106 valence electrons.